The molecular weight excluding hydrogens is 853 g/mol. The van der Waals surface area contributed by atoms with Gasteiger partial charge in [0.15, 0.2) is 0 Å². The molecule has 61 heavy (non-hydrogen) atoms. The first-order chi connectivity index (χ1) is 28.8. The number of carbonyl (C=O) groups excluding carboxylic acids is 3. The van der Waals surface area contributed by atoms with E-state index in [0.29, 0.717) is 0 Å². The van der Waals surface area contributed by atoms with Crippen molar-refractivity contribution in [2.75, 3.05) is 78.3 Å². The minimum absolute atomic E-state index is 0.0665. The van der Waals surface area contributed by atoms with Crippen molar-refractivity contribution in [1.82, 2.24) is 25.5 Å². The van der Waals surface area contributed by atoms with Crippen molar-refractivity contribution in [1.29, 1.82) is 0 Å². The summed E-state index contributed by atoms with van der Waals surface area (Å²) >= 11 is 0. The fourth-order valence-electron chi connectivity index (χ4n) is 5.75. The number of hydrogen-bond donors (Lipinski definition) is 14. The molecule has 0 saturated carbocycles. The third-order valence-corrected chi connectivity index (χ3v) is 9.93. The van der Waals surface area contributed by atoms with Crippen LogP contribution < -0.4 is 33.3 Å². The molecule has 350 valence electrons. The second kappa shape index (κ2) is 24.8. The Kier molecular flexibility index (Phi) is 21.0. The SMILES string of the molecule is NOCC(=O)NCCOCCOCCOCCC(=O)NCC(=O)N[C@H]1C([C@H](O)[C@H](O)CO)O[C@](O[PH](O)(O)OC[C@H]2O[C@@H](n3ccc(N)nc3=O)[C@@H](O)C2O)(C(=O)O)C[C@H]1O. The van der Waals surface area contributed by atoms with E-state index in [1.807, 2.05) is 0 Å². The van der Waals surface area contributed by atoms with Gasteiger partial charge in [-0.15, -0.1) is 0 Å². The van der Waals surface area contributed by atoms with Gasteiger partial charge in [0.2, 0.25) is 5.91 Å². The van der Waals surface area contributed by atoms with Crippen LogP contribution in [-0.4, -0.2) is 206 Å². The van der Waals surface area contributed by atoms with Gasteiger partial charge in [0.1, 0.15) is 6.61 Å². The first-order valence-electron chi connectivity index (χ1n) is 18.4. The van der Waals surface area contributed by atoms with Crippen LogP contribution in [0.2, 0.25) is 0 Å². The third kappa shape index (κ3) is 15.9. The molecule has 0 aromatic carbocycles. The topological polar surface area (TPSA) is 447 Å². The molecule has 16 N–H and O–H groups in total. The molecule has 2 saturated heterocycles. The molecular formula is C31H54N7O22P. The summed E-state index contributed by atoms with van der Waals surface area (Å²) in [6.45, 7) is -1.95. The Bertz CT molecular complexity index is 1630. The number of rotatable bonds is 27. The Balaban J connectivity index is 1.50. The van der Waals surface area contributed by atoms with Crippen LogP contribution in [0.25, 0.3) is 0 Å². The van der Waals surface area contributed by atoms with E-state index in [2.05, 4.69) is 25.8 Å². The number of aliphatic hydroxyl groups excluding tert-OH is 6. The summed E-state index contributed by atoms with van der Waals surface area (Å²) in [6, 6.07) is -0.580. The van der Waals surface area contributed by atoms with Gasteiger partial charge in [-0.2, -0.15) is 0 Å². The number of nitrogen functional groups attached to an aromatic ring is 1. The Labute approximate surface area is 346 Å². The van der Waals surface area contributed by atoms with Gasteiger partial charge in [-0.1, -0.05) is 0 Å². The Morgan fingerprint density at radius 2 is 1.64 bits per heavy atom. The van der Waals surface area contributed by atoms with Gasteiger partial charge in [-0.25, -0.2) is 5.90 Å². The molecule has 0 aliphatic carbocycles. The zero-order valence-electron chi connectivity index (χ0n) is 32.4. The summed E-state index contributed by atoms with van der Waals surface area (Å²) in [7, 11) is -5.76. The average Bonchev–Trinajstić information content (AvgIpc) is 3.48. The number of aromatic nitrogens is 2. The molecule has 30 heteroatoms. The summed E-state index contributed by atoms with van der Waals surface area (Å²) < 4.78 is 37.5. The van der Waals surface area contributed by atoms with E-state index in [1.54, 1.807) is 0 Å². The fourth-order valence-corrected chi connectivity index (χ4v) is 6.84. The van der Waals surface area contributed by atoms with Gasteiger partial charge in [0.25, 0.3) is 0 Å². The first kappa shape index (κ1) is 51.7. The van der Waals surface area contributed by atoms with E-state index in [1.165, 1.54) is 6.07 Å². The average molecular weight is 908 g/mol. The molecule has 3 heterocycles. The molecule has 3 rings (SSSR count). The monoisotopic (exact) mass is 907 g/mol. The van der Waals surface area contributed by atoms with Crippen LogP contribution in [0.4, 0.5) is 5.82 Å². The van der Waals surface area contributed by atoms with E-state index in [9.17, 15) is 69.5 Å². The molecule has 0 spiro atoms. The van der Waals surface area contributed by atoms with Crippen molar-refractivity contribution in [3.63, 3.8) is 0 Å². The van der Waals surface area contributed by atoms with Gasteiger partial charge >= 0.3 is 259 Å². The molecule has 2 unspecified atom stereocenters. The van der Waals surface area contributed by atoms with Crippen molar-refractivity contribution >= 4 is 37.7 Å². The molecule has 1 aromatic rings. The van der Waals surface area contributed by atoms with Crippen LogP contribution in [0.5, 0.6) is 0 Å². The molecule has 29 nitrogen and oxygen atoms in total. The number of nitrogens with two attached hydrogens (primary N) is 2. The number of aliphatic carboxylic acids is 1. The number of amides is 3. The normalized spacial score (nSPS) is 26.6. The summed E-state index contributed by atoms with van der Waals surface area (Å²) in [6.07, 6.45) is -15.6. The number of carbonyl (C=O) groups is 4. The van der Waals surface area contributed by atoms with Crippen LogP contribution in [0.1, 0.15) is 19.1 Å². The van der Waals surface area contributed by atoms with Gasteiger partial charge < -0.3 is 19.5 Å². The number of aliphatic hydroxyl groups is 6. The number of ether oxygens (including phenoxy) is 5. The number of nitrogens with one attached hydrogen (secondary N) is 3. The zero-order valence-corrected chi connectivity index (χ0v) is 33.4. The van der Waals surface area contributed by atoms with Gasteiger partial charge in [-0.05, 0) is 0 Å². The number of hydrogen-bond acceptors (Lipinski definition) is 24. The van der Waals surface area contributed by atoms with Crippen LogP contribution in [-0.2, 0) is 56.7 Å². The van der Waals surface area contributed by atoms with Gasteiger partial charge in [0, 0.05) is 6.54 Å². The maximum absolute atomic E-state index is 12.8. The molecule has 0 bridgehead atoms. The summed E-state index contributed by atoms with van der Waals surface area (Å²) in [5, 5.41) is 79.6. The summed E-state index contributed by atoms with van der Waals surface area (Å²) in [5.41, 5.74) is 4.49. The van der Waals surface area contributed by atoms with Crippen LogP contribution in [0.15, 0.2) is 17.1 Å². The summed E-state index contributed by atoms with van der Waals surface area (Å²) in [5.74, 6) is -2.81. The third-order valence-electron chi connectivity index (χ3n) is 8.79. The van der Waals surface area contributed by atoms with Crippen molar-refractivity contribution < 1.29 is 102 Å². The van der Waals surface area contributed by atoms with E-state index < -0.39 is 125 Å². The van der Waals surface area contributed by atoms with Crippen LogP contribution >= 0.6 is 8.17 Å². The Hall–Kier alpha value is -3.69. The summed E-state index contributed by atoms with van der Waals surface area (Å²) in [4.78, 5) is 90.1. The van der Waals surface area contributed by atoms with Gasteiger partial charge in [0.05, 0.1) is 33.0 Å². The standard InChI is InChI=1S/C31H54N7O22P/c32-19-1-4-38(30(50)36-19)28-26(47)25(46)18(58-28)14-57-61(51,52)60-31(29(48)49)11-16(40)23(27(59-31)24(45)17(41)13-39)37-21(43)12-35-20(42)2-5-53-7-9-55-10-8-54-6-3-34-22(44)15-56-33/h1,4,16-18,23-28,39-41,45-47,51-52,61H,2-3,5-15,33H2,(H,34,44)(H,35,42)(H,37,43)(H,48,49)(H2,32,36,50)/t16-,17-,18-,23-,24-,25?,26+,27?,28-,31-/m1/s1. The first-order valence-corrected chi connectivity index (χ1v) is 20.1. The number of nitrogens with zero attached hydrogens (tertiary/aromatic N) is 2. The van der Waals surface area contributed by atoms with E-state index in [0.717, 1.165) is 10.8 Å². The number of carboxylic acid groups (broad SMARTS) is 1. The fraction of sp³-hybridized carbons (Fsp3) is 0.742. The number of carboxylic acids is 1. The van der Waals surface area contributed by atoms with Gasteiger partial charge in [-0.3, -0.25) is 9.63 Å². The molecule has 10 atom stereocenters. The van der Waals surface area contributed by atoms with Crippen molar-refractivity contribution in [2.45, 2.75) is 73.6 Å². The molecule has 3 amide bonds. The second-order valence-corrected chi connectivity index (χ2v) is 14.9. The van der Waals surface area contributed by atoms with Crippen molar-refractivity contribution in [3.8, 4) is 0 Å². The van der Waals surface area contributed by atoms with Crippen LogP contribution in [0.3, 0.4) is 0 Å². The van der Waals surface area contributed by atoms with Crippen molar-refractivity contribution in [2.24, 2.45) is 5.90 Å². The van der Waals surface area contributed by atoms with E-state index in [-0.39, 0.29) is 65.0 Å². The predicted molar refractivity (Wildman–Crippen MR) is 199 cm³/mol. The van der Waals surface area contributed by atoms with E-state index in [4.69, 9.17) is 44.4 Å². The maximum atomic E-state index is 12.8. The molecule has 2 fully saturated rings. The minimum atomic E-state index is -5.76. The molecule has 0 radical (unpaired) electrons. The van der Waals surface area contributed by atoms with E-state index >= 15 is 0 Å². The Morgan fingerprint density at radius 3 is 2.26 bits per heavy atom. The molecule has 2 aliphatic rings. The second-order valence-electron chi connectivity index (χ2n) is 13.3. The quantitative estimate of drug-likeness (QED) is 0.0221. The zero-order chi connectivity index (χ0) is 45.3. The van der Waals surface area contributed by atoms with Crippen LogP contribution in [0, 0.1) is 0 Å². The van der Waals surface area contributed by atoms with Crippen molar-refractivity contribution in [3.05, 3.63) is 22.7 Å². The molecule has 2 aliphatic heterocycles. The number of anilines is 1. The predicted octanol–water partition coefficient (Wildman–Crippen LogP) is -8.44. The molecule has 1 aromatic heterocycles. The Morgan fingerprint density at radius 1 is 0.984 bits per heavy atom.